The molecular formula is C16H21N7. The van der Waals surface area contributed by atoms with E-state index in [0.29, 0.717) is 0 Å². The third kappa shape index (κ3) is 2.32. The second-order valence-corrected chi connectivity index (χ2v) is 6.08. The van der Waals surface area contributed by atoms with Crippen molar-refractivity contribution in [3.05, 3.63) is 30.4 Å². The normalized spacial score (nSPS) is 15.6. The molecule has 0 radical (unpaired) electrons. The summed E-state index contributed by atoms with van der Waals surface area (Å²) in [5.41, 5.74) is 4.44. The summed E-state index contributed by atoms with van der Waals surface area (Å²) in [4.78, 5) is 9.30. The van der Waals surface area contributed by atoms with E-state index >= 15 is 0 Å². The van der Waals surface area contributed by atoms with Crippen LogP contribution in [-0.4, -0.2) is 50.7 Å². The molecule has 0 aliphatic carbocycles. The molecule has 0 N–H and O–H groups in total. The summed E-state index contributed by atoms with van der Waals surface area (Å²) < 4.78 is 3.72. The van der Waals surface area contributed by atoms with E-state index in [-0.39, 0.29) is 0 Å². The van der Waals surface area contributed by atoms with Gasteiger partial charge < -0.3 is 9.80 Å². The first-order chi connectivity index (χ1) is 11.1. The maximum atomic E-state index is 4.52. The van der Waals surface area contributed by atoms with Gasteiger partial charge in [-0.25, -0.2) is 4.98 Å². The van der Waals surface area contributed by atoms with Crippen molar-refractivity contribution in [2.45, 2.75) is 6.92 Å². The quantitative estimate of drug-likeness (QED) is 0.715. The summed E-state index contributed by atoms with van der Waals surface area (Å²) in [7, 11) is 3.91. The van der Waals surface area contributed by atoms with E-state index in [0.717, 1.165) is 37.5 Å². The Hall–Kier alpha value is -2.57. The van der Waals surface area contributed by atoms with Gasteiger partial charge in [0.05, 0.1) is 28.7 Å². The summed E-state index contributed by atoms with van der Waals surface area (Å²) in [5.74, 6) is 0. The van der Waals surface area contributed by atoms with Gasteiger partial charge in [-0.2, -0.15) is 10.2 Å². The van der Waals surface area contributed by atoms with Gasteiger partial charge in [0.1, 0.15) is 0 Å². The van der Waals surface area contributed by atoms with Crippen LogP contribution in [0.15, 0.2) is 24.7 Å². The smallest absolute Gasteiger partial charge is 0.159 e. The highest BCUT2D eigenvalue weighted by atomic mass is 15.3. The van der Waals surface area contributed by atoms with Crippen molar-refractivity contribution in [3.63, 3.8) is 0 Å². The van der Waals surface area contributed by atoms with E-state index < -0.39 is 0 Å². The van der Waals surface area contributed by atoms with Crippen LogP contribution in [0.4, 0.5) is 11.4 Å². The minimum atomic E-state index is 0.953. The first-order valence-corrected chi connectivity index (χ1v) is 7.90. The van der Waals surface area contributed by atoms with Crippen LogP contribution >= 0.6 is 0 Å². The number of piperazine rings is 1. The monoisotopic (exact) mass is 311 g/mol. The first kappa shape index (κ1) is 14.0. The van der Waals surface area contributed by atoms with Crippen LogP contribution in [0, 0.1) is 6.92 Å². The van der Waals surface area contributed by atoms with Crippen LogP contribution < -0.4 is 9.80 Å². The molecule has 23 heavy (non-hydrogen) atoms. The van der Waals surface area contributed by atoms with E-state index in [2.05, 4.69) is 44.2 Å². The highest BCUT2D eigenvalue weighted by Crippen LogP contribution is 2.29. The van der Waals surface area contributed by atoms with Gasteiger partial charge in [0.15, 0.2) is 5.65 Å². The molecule has 3 aromatic rings. The number of pyridine rings is 1. The Kier molecular flexibility index (Phi) is 3.21. The lowest BCUT2D eigenvalue weighted by molar-refractivity contribution is 0.654. The van der Waals surface area contributed by atoms with Crippen LogP contribution in [0.1, 0.15) is 5.69 Å². The number of aryl methyl sites for hydroxylation is 3. The van der Waals surface area contributed by atoms with Gasteiger partial charge in [-0.15, -0.1) is 0 Å². The van der Waals surface area contributed by atoms with E-state index in [1.165, 1.54) is 16.8 Å². The molecule has 0 unspecified atom stereocenters. The zero-order chi connectivity index (χ0) is 16.0. The third-order valence-electron chi connectivity index (χ3n) is 4.55. The first-order valence-electron chi connectivity index (χ1n) is 7.90. The van der Waals surface area contributed by atoms with Gasteiger partial charge in [-0.1, -0.05) is 0 Å². The molecule has 4 heterocycles. The molecule has 7 nitrogen and oxygen atoms in total. The van der Waals surface area contributed by atoms with E-state index in [4.69, 9.17) is 0 Å². The average Bonchev–Trinajstić information content (AvgIpc) is 3.12. The zero-order valence-electron chi connectivity index (χ0n) is 13.8. The van der Waals surface area contributed by atoms with E-state index in [1.54, 1.807) is 0 Å². The molecule has 0 atom stereocenters. The number of hydrogen-bond donors (Lipinski definition) is 0. The van der Waals surface area contributed by atoms with Crippen LogP contribution in [0.2, 0.25) is 0 Å². The summed E-state index contributed by atoms with van der Waals surface area (Å²) in [6.45, 7) is 6.02. The minimum Gasteiger partial charge on any atom is -0.367 e. The second-order valence-electron chi connectivity index (χ2n) is 6.08. The minimum absolute atomic E-state index is 0.953. The summed E-state index contributed by atoms with van der Waals surface area (Å²) in [5, 5.41) is 9.95. The number of aromatic nitrogens is 5. The van der Waals surface area contributed by atoms with Crippen molar-refractivity contribution >= 4 is 22.4 Å². The fourth-order valence-electron chi connectivity index (χ4n) is 3.40. The summed E-state index contributed by atoms with van der Waals surface area (Å²) >= 11 is 0. The van der Waals surface area contributed by atoms with Crippen molar-refractivity contribution in [2.24, 2.45) is 14.1 Å². The van der Waals surface area contributed by atoms with Gasteiger partial charge in [0.2, 0.25) is 0 Å². The topological polar surface area (TPSA) is 55.0 Å². The van der Waals surface area contributed by atoms with Crippen LogP contribution in [0.3, 0.4) is 0 Å². The van der Waals surface area contributed by atoms with Gasteiger partial charge in [-0.3, -0.25) is 9.36 Å². The lowest BCUT2D eigenvalue weighted by Crippen LogP contribution is -2.46. The largest absolute Gasteiger partial charge is 0.367 e. The summed E-state index contributed by atoms with van der Waals surface area (Å²) in [6.07, 6.45) is 5.89. The maximum absolute atomic E-state index is 4.52. The second kappa shape index (κ2) is 5.26. The fourth-order valence-corrected chi connectivity index (χ4v) is 3.40. The Bertz CT molecular complexity index is 839. The molecule has 0 bridgehead atoms. The summed E-state index contributed by atoms with van der Waals surface area (Å²) in [6, 6.07) is 2.11. The molecule has 1 aliphatic heterocycles. The van der Waals surface area contributed by atoms with Gasteiger partial charge >= 0.3 is 0 Å². The van der Waals surface area contributed by atoms with Gasteiger partial charge in [0, 0.05) is 52.7 Å². The Labute approximate surface area is 135 Å². The lowest BCUT2D eigenvalue weighted by atomic mass is 10.2. The molecule has 1 aliphatic rings. The lowest BCUT2D eigenvalue weighted by Gasteiger charge is -2.36. The van der Waals surface area contributed by atoms with Crippen LogP contribution in [0.5, 0.6) is 0 Å². The van der Waals surface area contributed by atoms with Crippen molar-refractivity contribution in [1.82, 2.24) is 24.5 Å². The molecule has 3 aromatic heterocycles. The molecule has 7 heteroatoms. The number of rotatable bonds is 2. The highest BCUT2D eigenvalue weighted by Gasteiger charge is 2.21. The Morgan fingerprint density at radius 1 is 1.04 bits per heavy atom. The number of hydrogen-bond acceptors (Lipinski definition) is 5. The molecule has 120 valence electrons. The van der Waals surface area contributed by atoms with Crippen molar-refractivity contribution in [3.8, 4) is 0 Å². The number of fused-ring (bicyclic) bond motifs is 1. The third-order valence-corrected chi connectivity index (χ3v) is 4.55. The van der Waals surface area contributed by atoms with E-state index in [1.807, 2.05) is 35.9 Å². The molecule has 1 saturated heterocycles. The van der Waals surface area contributed by atoms with Crippen molar-refractivity contribution in [2.75, 3.05) is 36.0 Å². The predicted molar refractivity (Wildman–Crippen MR) is 90.9 cm³/mol. The Morgan fingerprint density at radius 2 is 1.78 bits per heavy atom. The van der Waals surface area contributed by atoms with E-state index in [9.17, 15) is 0 Å². The van der Waals surface area contributed by atoms with Gasteiger partial charge in [0.25, 0.3) is 0 Å². The SMILES string of the molecule is Cc1nn(C)c2nccc(N3CCN(c4cnn(C)c4)CC3)c12. The fraction of sp³-hybridized carbons (Fsp3) is 0.438. The molecule has 0 spiro atoms. The Balaban J connectivity index is 1.59. The average molecular weight is 311 g/mol. The standard InChI is InChI=1S/C16H21N7/c1-12-15-14(4-5-17-16(15)21(3)19-12)23-8-6-22(7-9-23)13-10-18-20(2)11-13/h4-5,10-11H,6-9H2,1-3H3. The molecule has 1 fully saturated rings. The van der Waals surface area contributed by atoms with Crippen molar-refractivity contribution in [1.29, 1.82) is 0 Å². The van der Waals surface area contributed by atoms with Gasteiger partial charge in [-0.05, 0) is 13.0 Å². The molecular weight excluding hydrogens is 290 g/mol. The van der Waals surface area contributed by atoms with Crippen LogP contribution in [-0.2, 0) is 14.1 Å². The molecule has 0 aromatic carbocycles. The Morgan fingerprint density at radius 3 is 2.48 bits per heavy atom. The molecule has 4 rings (SSSR count). The number of anilines is 2. The highest BCUT2D eigenvalue weighted by molar-refractivity contribution is 5.92. The number of nitrogens with zero attached hydrogens (tertiary/aromatic N) is 7. The van der Waals surface area contributed by atoms with Crippen molar-refractivity contribution < 1.29 is 0 Å². The predicted octanol–water partition coefficient (Wildman–Crippen LogP) is 1.34. The zero-order valence-corrected chi connectivity index (χ0v) is 13.8. The molecule has 0 saturated carbocycles. The maximum Gasteiger partial charge on any atom is 0.159 e. The van der Waals surface area contributed by atoms with Crippen LogP contribution in [0.25, 0.3) is 11.0 Å². The molecule has 0 amide bonds.